The summed E-state index contributed by atoms with van der Waals surface area (Å²) in [6.07, 6.45) is 0. The Kier molecular flexibility index (Phi) is 6.95. The molecule has 0 saturated carbocycles. The number of hydrogen-bond acceptors (Lipinski definition) is 2. The summed E-state index contributed by atoms with van der Waals surface area (Å²) in [5, 5.41) is 5.61. The van der Waals surface area contributed by atoms with Crippen LogP contribution in [-0.2, 0) is 10.2 Å². The van der Waals surface area contributed by atoms with Gasteiger partial charge in [-0.25, -0.2) is 4.39 Å². The number of hydrogen-bond donors (Lipinski definition) is 2. The molecule has 0 heterocycles. The lowest BCUT2D eigenvalue weighted by atomic mass is 9.83. The monoisotopic (exact) mass is 384 g/mol. The molecule has 2 aromatic carbocycles. The van der Waals surface area contributed by atoms with Crippen LogP contribution in [0.1, 0.15) is 49.2 Å². The van der Waals surface area contributed by atoms with Gasteiger partial charge in [0, 0.05) is 12.0 Å². The highest BCUT2D eigenvalue weighted by molar-refractivity contribution is 5.97. The van der Waals surface area contributed by atoms with E-state index in [0.29, 0.717) is 6.54 Å². The zero-order chi connectivity index (χ0) is 20.9. The summed E-state index contributed by atoms with van der Waals surface area (Å²) >= 11 is 0. The summed E-state index contributed by atoms with van der Waals surface area (Å²) in [4.78, 5) is 25.2. The second-order valence-corrected chi connectivity index (χ2v) is 8.15. The van der Waals surface area contributed by atoms with Crippen LogP contribution in [-0.4, -0.2) is 24.4 Å². The molecule has 0 saturated heterocycles. The van der Waals surface area contributed by atoms with Crippen LogP contribution < -0.4 is 10.6 Å². The molecule has 2 N–H and O–H groups in total. The first kappa shape index (κ1) is 21.6. The van der Waals surface area contributed by atoms with Crippen LogP contribution in [0.2, 0.25) is 0 Å². The van der Waals surface area contributed by atoms with Crippen molar-refractivity contribution in [1.82, 2.24) is 10.6 Å². The largest absolute Gasteiger partial charge is 0.353 e. The smallest absolute Gasteiger partial charge is 0.254 e. The molecule has 0 bridgehead atoms. The van der Waals surface area contributed by atoms with Gasteiger partial charge in [0.1, 0.15) is 11.9 Å². The average molecular weight is 384 g/mol. The van der Waals surface area contributed by atoms with E-state index in [1.54, 1.807) is 6.07 Å². The second-order valence-electron chi connectivity index (χ2n) is 8.15. The number of nitrogens with one attached hydrogen (secondary N) is 2. The molecule has 0 spiro atoms. The average Bonchev–Trinajstić information content (AvgIpc) is 2.64. The fourth-order valence-corrected chi connectivity index (χ4v) is 2.99. The lowest BCUT2D eigenvalue weighted by Gasteiger charge is -2.28. The number of carbonyl (C=O) groups is 2. The molecule has 150 valence electrons. The minimum absolute atomic E-state index is 0.0685. The number of carbonyl (C=O) groups excluding carboxylic acids is 2. The molecule has 0 aliphatic rings. The molecular weight excluding hydrogens is 355 g/mol. The van der Waals surface area contributed by atoms with Gasteiger partial charge in [0.25, 0.3) is 5.91 Å². The fraction of sp³-hybridized carbons (Fsp3) is 0.391. The Balaban J connectivity index is 2.07. The maximum Gasteiger partial charge on any atom is 0.254 e. The third kappa shape index (κ3) is 5.41. The van der Waals surface area contributed by atoms with Crippen LogP contribution in [0.5, 0.6) is 0 Å². The van der Waals surface area contributed by atoms with Crippen molar-refractivity contribution < 1.29 is 14.0 Å². The van der Waals surface area contributed by atoms with Gasteiger partial charge in [-0.15, -0.1) is 0 Å². The number of benzene rings is 2. The fourth-order valence-electron chi connectivity index (χ4n) is 2.99. The maximum absolute atomic E-state index is 13.9. The van der Waals surface area contributed by atoms with Gasteiger partial charge >= 0.3 is 0 Å². The van der Waals surface area contributed by atoms with E-state index in [0.717, 1.165) is 11.1 Å². The molecule has 2 amide bonds. The minimum Gasteiger partial charge on any atom is -0.353 e. The highest BCUT2D eigenvalue weighted by Crippen LogP contribution is 2.23. The summed E-state index contributed by atoms with van der Waals surface area (Å²) in [5.41, 5.74) is 1.96. The molecule has 4 nitrogen and oxygen atoms in total. The van der Waals surface area contributed by atoms with E-state index < -0.39 is 17.8 Å². The Labute approximate surface area is 166 Å². The molecule has 1 unspecified atom stereocenters. The lowest BCUT2D eigenvalue weighted by molar-refractivity contribution is -0.124. The van der Waals surface area contributed by atoms with Crippen LogP contribution in [0.25, 0.3) is 0 Å². The van der Waals surface area contributed by atoms with E-state index in [9.17, 15) is 14.0 Å². The molecule has 0 aromatic heterocycles. The van der Waals surface area contributed by atoms with Gasteiger partial charge in [-0.3, -0.25) is 9.59 Å². The van der Waals surface area contributed by atoms with Crippen molar-refractivity contribution in [3.63, 3.8) is 0 Å². The van der Waals surface area contributed by atoms with Gasteiger partial charge < -0.3 is 10.6 Å². The molecule has 28 heavy (non-hydrogen) atoms. The third-order valence-electron chi connectivity index (χ3n) is 4.86. The highest BCUT2D eigenvalue weighted by Gasteiger charge is 2.28. The van der Waals surface area contributed by atoms with Crippen LogP contribution >= 0.6 is 0 Å². The Hall–Kier alpha value is -2.69. The second kappa shape index (κ2) is 9.00. The predicted molar refractivity (Wildman–Crippen MR) is 110 cm³/mol. The topological polar surface area (TPSA) is 58.2 Å². The summed E-state index contributed by atoms with van der Waals surface area (Å²) < 4.78 is 13.9. The Bertz CT molecular complexity index is 846. The molecule has 0 aliphatic heterocycles. The minimum atomic E-state index is -0.750. The van der Waals surface area contributed by atoms with E-state index in [2.05, 4.69) is 30.5 Å². The summed E-state index contributed by atoms with van der Waals surface area (Å²) in [6, 6.07) is 13.2. The summed E-state index contributed by atoms with van der Waals surface area (Å²) in [7, 11) is 0. The summed E-state index contributed by atoms with van der Waals surface area (Å²) in [5.74, 6) is -1.62. The van der Waals surface area contributed by atoms with E-state index in [1.807, 2.05) is 39.0 Å². The van der Waals surface area contributed by atoms with Gasteiger partial charge in [-0.2, -0.15) is 0 Å². The van der Waals surface area contributed by atoms with Gasteiger partial charge in [-0.1, -0.05) is 69.7 Å². The number of aryl methyl sites for hydroxylation is 1. The van der Waals surface area contributed by atoms with Crippen LogP contribution in [0.3, 0.4) is 0 Å². The molecule has 0 radical (unpaired) electrons. The van der Waals surface area contributed by atoms with Gasteiger partial charge in [0.05, 0.1) is 5.56 Å². The van der Waals surface area contributed by atoms with Gasteiger partial charge in [-0.05, 0) is 30.5 Å². The van der Waals surface area contributed by atoms with Gasteiger partial charge in [0.15, 0.2) is 0 Å². The quantitative estimate of drug-likeness (QED) is 0.759. The summed E-state index contributed by atoms with van der Waals surface area (Å²) in [6.45, 7) is 10.3. The standard InChI is InChI=1S/C23H29FN2O2/c1-15(2)20(26-21(27)18-11-6-7-12-19(18)24)22(28)25-14-23(4,5)17-10-8-9-16(3)13-17/h6-13,15,20H,14H2,1-5H3,(H,25,28)(H,26,27). The Morgan fingerprint density at radius 1 is 1.07 bits per heavy atom. The highest BCUT2D eigenvalue weighted by atomic mass is 19.1. The number of rotatable bonds is 7. The number of amides is 2. The number of halogens is 1. The van der Waals surface area contributed by atoms with Crippen molar-refractivity contribution >= 4 is 11.8 Å². The molecule has 0 fully saturated rings. The maximum atomic E-state index is 13.9. The van der Waals surface area contributed by atoms with Crippen molar-refractivity contribution in [3.8, 4) is 0 Å². The van der Waals surface area contributed by atoms with Crippen molar-refractivity contribution in [2.24, 2.45) is 5.92 Å². The first-order chi connectivity index (χ1) is 13.1. The Morgan fingerprint density at radius 3 is 2.36 bits per heavy atom. The van der Waals surface area contributed by atoms with Gasteiger partial charge in [0.2, 0.25) is 5.91 Å². The Morgan fingerprint density at radius 2 is 1.75 bits per heavy atom. The van der Waals surface area contributed by atoms with E-state index in [-0.39, 0.29) is 22.8 Å². The molecule has 2 aromatic rings. The van der Waals surface area contributed by atoms with Crippen LogP contribution in [0.15, 0.2) is 48.5 Å². The molecule has 0 aliphatic carbocycles. The first-order valence-electron chi connectivity index (χ1n) is 9.52. The van der Waals surface area contributed by atoms with Crippen LogP contribution in [0, 0.1) is 18.7 Å². The predicted octanol–water partition coefficient (Wildman–Crippen LogP) is 3.98. The van der Waals surface area contributed by atoms with Crippen molar-refractivity contribution in [2.45, 2.75) is 46.1 Å². The third-order valence-corrected chi connectivity index (χ3v) is 4.86. The normalized spacial score (nSPS) is 12.5. The lowest BCUT2D eigenvalue weighted by Crippen LogP contribution is -2.51. The molecule has 2 rings (SSSR count). The first-order valence-corrected chi connectivity index (χ1v) is 9.52. The molecular formula is C23H29FN2O2. The van der Waals surface area contributed by atoms with Crippen LogP contribution in [0.4, 0.5) is 4.39 Å². The van der Waals surface area contributed by atoms with Crippen molar-refractivity contribution in [2.75, 3.05) is 6.54 Å². The molecule has 1 atom stereocenters. The zero-order valence-corrected chi connectivity index (χ0v) is 17.2. The van der Waals surface area contributed by atoms with Crippen molar-refractivity contribution in [3.05, 3.63) is 71.0 Å². The van der Waals surface area contributed by atoms with E-state index >= 15 is 0 Å². The van der Waals surface area contributed by atoms with E-state index in [1.165, 1.54) is 18.2 Å². The SMILES string of the molecule is Cc1cccc(C(C)(C)CNC(=O)C(NC(=O)c2ccccc2F)C(C)C)c1. The zero-order valence-electron chi connectivity index (χ0n) is 17.2. The molecule has 5 heteroatoms. The van der Waals surface area contributed by atoms with Crippen molar-refractivity contribution in [1.29, 1.82) is 0 Å². The van der Waals surface area contributed by atoms with E-state index in [4.69, 9.17) is 0 Å².